The van der Waals surface area contributed by atoms with Crippen LogP contribution in [0.3, 0.4) is 0 Å². The van der Waals surface area contributed by atoms with Gasteiger partial charge in [-0.15, -0.1) is 0 Å². The summed E-state index contributed by atoms with van der Waals surface area (Å²) < 4.78 is 45.3. The Morgan fingerprint density at radius 3 is 2.53 bits per heavy atom. The first-order chi connectivity index (χ1) is 17.1. The van der Waals surface area contributed by atoms with E-state index in [1.165, 1.54) is 10.8 Å². The molecule has 0 saturated carbocycles. The minimum atomic E-state index is -4.57. The Morgan fingerprint density at radius 2 is 1.86 bits per heavy atom. The molecule has 0 atom stereocenters. The number of ether oxygens (including phenoxy) is 1. The molecule has 4 N–H and O–H groups in total. The summed E-state index contributed by atoms with van der Waals surface area (Å²) in [7, 11) is 1.71. The second-order valence-electron chi connectivity index (χ2n) is 7.55. The number of alkyl halides is 3. The average molecular weight is 497 g/mol. The summed E-state index contributed by atoms with van der Waals surface area (Å²) in [5, 5.41) is 8.97. The van der Waals surface area contributed by atoms with Crippen LogP contribution in [-0.2, 0) is 10.9 Å². The fraction of sp³-hybridized carbons (Fsp3) is 0.136. The van der Waals surface area contributed by atoms with Crippen LogP contribution >= 0.6 is 0 Å². The van der Waals surface area contributed by atoms with Gasteiger partial charge in [-0.2, -0.15) is 18.3 Å². The maximum atomic E-state index is 12.9. The van der Waals surface area contributed by atoms with E-state index >= 15 is 0 Å². The lowest BCUT2D eigenvalue weighted by Crippen LogP contribution is -2.21. The number of fused-ring (bicyclic) bond motifs is 1. The van der Waals surface area contributed by atoms with Gasteiger partial charge in [0, 0.05) is 23.0 Å². The number of nitrogens with zero attached hydrogens (tertiary/aromatic N) is 4. The highest BCUT2D eigenvalue weighted by atomic mass is 19.4. The van der Waals surface area contributed by atoms with Crippen molar-refractivity contribution in [3.63, 3.8) is 0 Å². The van der Waals surface area contributed by atoms with E-state index in [0.29, 0.717) is 27.9 Å². The molecular weight excluding hydrogens is 478 g/mol. The van der Waals surface area contributed by atoms with Gasteiger partial charge in [-0.1, -0.05) is 12.1 Å². The van der Waals surface area contributed by atoms with E-state index in [-0.39, 0.29) is 23.8 Å². The fourth-order valence-electron chi connectivity index (χ4n) is 3.67. The quantitative estimate of drug-likeness (QED) is 0.285. The molecule has 3 heterocycles. The van der Waals surface area contributed by atoms with Gasteiger partial charge in [0.25, 0.3) is 0 Å². The highest BCUT2D eigenvalue weighted by molar-refractivity contribution is 6.37. The van der Waals surface area contributed by atoms with Crippen molar-refractivity contribution < 1.29 is 27.5 Å². The number of aromatic nitrogens is 4. The first-order valence-electron chi connectivity index (χ1n) is 10.6. The lowest BCUT2D eigenvalue weighted by atomic mass is 9.94. The second-order valence-corrected chi connectivity index (χ2v) is 7.55. The number of nitrogens with two attached hydrogens (primary N) is 1. The first kappa shape index (κ1) is 24.5. The maximum absolute atomic E-state index is 12.9. The molecule has 1 aromatic carbocycles. The lowest BCUT2D eigenvalue weighted by molar-refractivity contribution is -0.137. The molecule has 0 bridgehead atoms. The minimum absolute atomic E-state index is 0.161. The van der Waals surface area contributed by atoms with Crippen LogP contribution in [0.2, 0.25) is 0 Å². The van der Waals surface area contributed by atoms with Gasteiger partial charge in [-0.25, -0.2) is 24.1 Å². The summed E-state index contributed by atoms with van der Waals surface area (Å²) in [4.78, 5) is 32.8. The summed E-state index contributed by atoms with van der Waals surface area (Å²) in [5.74, 6) is -0.650. The van der Waals surface area contributed by atoms with Crippen LogP contribution in [0, 0.1) is 0 Å². The van der Waals surface area contributed by atoms with Crippen molar-refractivity contribution in [2.75, 3.05) is 23.0 Å². The number of pyridine rings is 1. The fourth-order valence-corrected chi connectivity index (χ4v) is 3.67. The van der Waals surface area contributed by atoms with Crippen molar-refractivity contribution in [2.45, 2.75) is 13.1 Å². The topological polar surface area (TPSA) is 137 Å². The highest BCUT2D eigenvalue weighted by Crippen LogP contribution is 2.33. The van der Waals surface area contributed by atoms with Crippen molar-refractivity contribution in [2.24, 2.45) is 0 Å². The van der Waals surface area contributed by atoms with Crippen LogP contribution in [0.25, 0.3) is 16.6 Å². The average Bonchev–Trinajstić information content (AvgIpc) is 3.13. The zero-order valence-electron chi connectivity index (χ0n) is 19.1. The van der Waals surface area contributed by atoms with E-state index in [1.54, 1.807) is 39.0 Å². The number of esters is 1. The van der Waals surface area contributed by atoms with Gasteiger partial charge >= 0.3 is 18.2 Å². The molecule has 14 heteroatoms. The number of halogens is 3. The Balaban J connectivity index is 1.61. The van der Waals surface area contributed by atoms with Crippen molar-refractivity contribution in [3.8, 4) is 11.1 Å². The molecule has 4 rings (SSSR count). The number of hydrogen-bond acceptors (Lipinski definition) is 7. The van der Waals surface area contributed by atoms with Gasteiger partial charge in [0.05, 0.1) is 17.7 Å². The first-order valence-corrected chi connectivity index (χ1v) is 10.6. The number of nitrogen functional groups attached to an aromatic ring is 1. The summed E-state index contributed by atoms with van der Waals surface area (Å²) in [5.41, 5.74) is 7.75. The Bertz CT molecular complexity index is 1460. The molecule has 0 saturated heterocycles. The monoisotopic (exact) mass is 497 g/mol. The largest absolute Gasteiger partial charge is 0.462 e. The van der Waals surface area contributed by atoms with E-state index in [4.69, 9.17) is 10.5 Å². The molecule has 184 valence electrons. The van der Waals surface area contributed by atoms with Gasteiger partial charge in [0.1, 0.15) is 17.7 Å². The third-order valence-electron chi connectivity index (χ3n) is 5.22. The van der Waals surface area contributed by atoms with Crippen LogP contribution in [0.4, 0.5) is 35.3 Å². The van der Waals surface area contributed by atoms with Crippen molar-refractivity contribution in [1.82, 2.24) is 19.6 Å². The molecule has 0 spiro atoms. The molecule has 0 unspecified atom stereocenters. The number of amides is 2. The van der Waals surface area contributed by atoms with E-state index in [2.05, 4.69) is 25.7 Å². The summed E-state index contributed by atoms with van der Waals surface area (Å²) in [6.07, 6.45) is -2.34. The molecule has 36 heavy (non-hydrogen) atoms. The van der Waals surface area contributed by atoms with Gasteiger partial charge < -0.3 is 15.8 Å². The Morgan fingerprint density at radius 1 is 1.14 bits per heavy atom. The minimum Gasteiger partial charge on any atom is -0.462 e. The smallest absolute Gasteiger partial charge is 0.416 e. The van der Waals surface area contributed by atoms with Gasteiger partial charge in [0.15, 0.2) is 13.7 Å². The van der Waals surface area contributed by atoms with E-state index < -0.39 is 23.7 Å². The maximum Gasteiger partial charge on any atom is 0.416 e. The molecule has 0 aliphatic carbocycles. The molecule has 10 nitrogen and oxygen atoms in total. The van der Waals surface area contributed by atoms with Crippen molar-refractivity contribution in [3.05, 3.63) is 60.0 Å². The molecule has 3 aromatic heterocycles. The zero-order chi connectivity index (χ0) is 26.0. The second kappa shape index (κ2) is 9.56. The molecule has 0 fully saturated rings. The number of benzene rings is 1. The normalized spacial score (nSPS) is 11.3. The molecular formula is C22H19BF3N7O3. The van der Waals surface area contributed by atoms with Crippen LogP contribution in [-0.4, -0.2) is 46.0 Å². The number of hydrogen-bond donors (Lipinski definition) is 3. The van der Waals surface area contributed by atoms with Crippen molar-refractivity contribution >= 4 is 48.3 Å². The Hall–Kier alpha value is -4.62. The molecule has 0 radical (unpaired) electrons. The number of carbonyl (C=O) groups excluding carboxylic acids is 2. The molecule has 2 amide bonds. The Labute approximate surface area is 203 Å². The SMILES string of the molecule is Bc1c(C(=O)OCC)c(-c2ccc(NC(=O)Nc3cc(C(F)(F)F)ccn3)cc2)c2c(N)ncnn12. The molecule has 4 aromatic rings. The van der Waals surface area contributed by atoms with Crippen LogP contribution in [0.15, 0.2) is 48.9 Å². The predicted octanol–water partition coefficient (Wildman–Crippen LogP) is 2.47. The number of anilines is 3. The van der Waals surface area contributed by atoms with Gasteiger partial charge in [-0.3, -0.25) is 5.32 Å². The third kappa shape index (κ3) is 4.78. The van der Waals surface area contributed by atoms with Crippen molar-refractivity contribution in [1.29, 1.82) is 0 Å². The standard InChI is InChI=1S/C22H19BF3N7O3/c1-2-36-20(34)16-15(17-19(27)29-10-30-33(17)18(16)23)11-3-5-13(6-4-11)31-21(35)32-14-9-12(7-8-28-14)22(24,25)26/h3-10H,2,23H2,1H3,(H2,27,29,30)(H2,28,31,32,35). The van der Waals surface area contributed by atoms with Crippen LogP contribution in [0.5, 0.6) is 0 Å². The number of carbonyl (C=O) groups is 2. The number of rotatable bonds is 5. The van der Waals surface area contributed by atoms with Gasteiger partial charge in [0.2, 0.25) is 0 Å². The molecule has 0 aliphatic rings. The van der Waals surface area contributed by atoms with E-state index in [1.807, 2.05) is 0 Å². The van der Waals surface area contributed by atoms with Crippen LogP contribution in [0.1, 0.15) is 22.8 Å². The summed E-state index contributed by atoms with van der Waals surface area (Å²) >= 11 is 0. The zero-order valence-corrected chi connectivity index (χ0v) is 19.1. The van der Waals surface area contributed by atoms with Crippen LogP contribution < -0.4 is 22.0 Å². The van der Waals surface area contributed by atoms with E-state index in [9.17, 15) is 22.8 Å². The lowest BCUT2D eigenvalue weighted by Gasteiger charge is -2.11. The molecule has 0 aliphatic heterocycles. The number of nitrogens with one attached hydrogen (secondary N) is 2. The van der Waals surface area contributed by atoms with E-state index in [0.717, 1.165) is 18.3 Å². The Kier molecular flexibility index (Phi) is 6.51. The summed E-state index contributed by atoms with van der Waals surface area (Å²) in [6, 6.07) is 7.14. The predicted molar refractivity (Wildman–Crippen MR) is 129 cm³/mol. The third-order valence-corrected chi connectivity index (χ3v) is 5.22. The number of urea groups is 1. The highest BCUT2D eigenvalue weighted by Gasteiger charge is 2.31. The van der Waals surface area contributed by atoms with Gasteiger partial charge in [-0.05, 0) is 36.8 Å². The summed E-state index contributed by atoms with van der Waals surface area (Å²) in [6.45, 7) is 1.86.